The van der Waals surface area contributed by atoms with Gasteiger partial charge < -0.3 is 9.32 Å². The number of anilines is 1. The highest BCUT2D eigenvalue weighted by molar-refractivity contribution is 9.10. The Bertz CT molecular complexity index is 442. The van der Waals surface area contributed by atoms with Crippen LogP contribution in [0.1, 0.15) is 12.7 Å². The number of nitrogens with zero attached hydrogens (tertiary/aromatic N) is 2. The lowest BCUT2D eigenvalue weighted by atomic mass is 10.3. The molecule has 0 fully saturated rings. The smallest absolute Gasteiger partial charge is 0.123 e. The molecule has 2 heterocycles. The minimum Gasteiger partial charge on any atom is -0.467 e. The maximum absolute atomic E-state index is 5.35. The predicted octanol–water partition coefficient (Wildman–Crippen LogP) is 3.46. The molecule has 0 unspecified atom stereocenters. The Labute approximate surface area is 103 Å². The van der Waals surface area contributed by atoms with Crippen LogP contribution in [0.25, 0.3) is 0 Å². The molecule has 0 bridgehead atoms. The molecule has 16 heavy (non-hydrogen) atoms. The highest BCUT2D eigenvalue weighted by Gasteiger charge is 2.09. The van der Waals surface area contributed by atoms with Gasteiger partial charge in [0, 0.05) is 18.9 Å². The van der Waals surface area contributed by atoms with Crippen LogP contribution >= 0.6 is 15.9 Å². The second-order valence-corrected chi connectivity index (χ2v) is 4.27. The Morgan fingerprint density at radius 3 is 2.94 bits per heavy atom. The van der Waals surface area contributed by atoms with Gasteiger partial charge in [-0.05, 0) is 41.1 Å². The summed E-state index contributed by atoms with van der Waals surface area (Å²) in [5.41, 5.74) is 1.13. The van der Waals surface area contributed by atoms with E-state index < -0.39 is 0 Å². The fourth-order valence-electron chi connectivity index (χ4n) is 1.58. The lowest BCUT2D eigenvalue weighted by molar-refractivity contribution is 0.503. The molecule has 2 rings (SSSR count). The van der Waals surface area contributed by atoms with E-state index >= 15 is 0 Å². The van der Waals surface area contributed by atoms with Crippen molar-refractivity contribution >= 4 is 21.6 Å². The van der Waals surface area contributed by atoms with E-state index in [1.807, 2.05) is 18.2 Å². The molecule has 0 N–H and O–H groups in total. The second kappa shape index (κ2) is 5.16. The minimum absolute atomic E-state index is 0.770. The van der Waals surface area contributed by atoms with Crippen molar-refractivity contribution < 1.29 is 4.42 Å². The Balaban J connectivity index is 2.20. The zero-order valence-corrected chi connectivity index (χ0v) is 10.6. The van der Waals surface area contributed by atoms with Gasteiger partial charge in [-0.15, -0.1) is 0 Å². The van der Waals surface area contributed by atoms with E-state index in [4.69, 9.17) is 4.42 Å². The number of hydrogen-bond acceptors (Lipinski definition) is 3. The number of hydrogen-bond donors (Lipinski definition) is 0. The van der Waals surface area contributed by atoms with Gasteiger partial charge in [0.05, 0.1) is 23.0 Å². The van der Waals surface area contributed by atoms with Crippen molar-refractivity contribution in [3.63, 3.8) is 0 Å². The Hall–Kier alpha value is -1.29. The van der Waals surface area contributed by atoms with Gasteiger partial charge in [-0.1, -0.05) is 0 Å². The van der Waals surface area contributed by atoms with Crippen molar-refractivity contribution in [2.75, 3.05) is 11.4 Å². The third-order valence-electron chi connectivity index (χ3n) is 2.40. The summed E-state index contributed by atoms with van der Waals surface area (Å²) in [4.78, 5) is 6.29. The van der Waals surface area contributed by atoms with Crippen LogP contribution in [0, 0.1) is 0 Å². The summed E-state index contributed by atoms with van der Waals surface area (Å²) < 4.78 is 6.36. The number of furan rings is 1. The molecule has 0 amide bonds. The lowest BCUT2D eigenvalue weighted by Gasteiger charge is -2.22. The minimum atomic E-state index is 0.770. The summed E-state index contributed by atoms with van der Waals surface area (Å²) >= 11 is 3.51. The van der Waals surface area contributed by atoms with Gasteiger partial charge in [0.1, 0.15) is 5.76 Å². The van der Waals surface area contributed by atoms with Gasteiger partial charge in [0.15, 0.2) is 0 Å². The van der Waals surface area contributed by atoms with Crippen molar-refractivity contribution in [3.8, 4) is 0 Å². The van der Waals surface area contributed by atoms with E-state index in [2.05, 4.69) is 32.7 Å². The van der Waals surface area contributed by atoms with Crippen molar-refractivity contribution in [3.05, 3.63) is 47.1 Å². The summed E-state index contributed by atoms with van der Waals surface area (Å²) in [6, 6.07) is 5.89. The first kappa shape index (κ1) is 11.2. The van der Waals surface area contributed by atoms with Crippen molar-refractivity contribution in [1.29, 1.82) is 0 Å². The van der Waals surface area contributed by atoms with Crippen LogP contribution in [0.5, 0.6) is 0 Å². The van der Waals surface area contributed by atoms with Crippen molar-refractivity contribution in [1.82, 2.24) is 4.98 Å². The predicted molar refractivity (Wildman–Crippen MR) is 67.4 cm³/mol. The molecule has 0 saturated carbocycles. The normalized spacial score (nSPS) is 10.4. The zero-order chi connectivity index (χ0) is 11.4. The fourth-order valence-corrected chi connectivity index (χ4v) is 2.08. The third-order valence-corrected chi connectivity index (χ3v) is 3.01. The summed E-state index contributed by atoms with van der Waals surface area (Å²) in [6.45, 7) is 3.81. The van der Waals surface area contributed by atoms with Gasteiger partial charge in [-0.25, -0.2) is 0 Å². The Kier molecular flexibility index (Phi) is 3.62. The lowest BCUT2D eigenvalue weighted by Crippen LogP contribution is -2.22. The first-order chi connectivity index (χ1) is 7.81. The molecule has 0 aliphatic rings. The Morgan fingerprint density at radius 1 is 1.44 bits per heavy atom. The highest BCUT2D eigenvalue weighted by atomic mass is 79.9. The van der Waals surface area contributed by atoms with Crippen LogP contribution in [0.3, 0.4) is 0 Å². The van der Waals surface area contributed by atoms with Crippen LogP contribution in [-0.4, -0.2) is 11.5 Å². The fraction of sp³-hybridized carbons (Fsp3) is 0.250. The molecule has 0 saturated heterocycles. The maximum Gasteiger partial charge on any atom is 0.123 e. The molecule has 2 aromatic rings. The summed E-state index contributed by atoms with van der Waals surface area (Å²) in [5, 5.41) is 0. The summed E-state index contributed by atoms with van der Waals surface area (Å²) in [7, 11) is 0. The highest BCUT2D eigenvalue weighted by Crippen LogP contribution is 2.25. The van der Waals surface area contributed by atoms with E-state index in [0.29, 0.717) is 0 Å². The van der Waals surface area contributed by atoms with E-state index in [-0.39, 0.29) is 0 Å². The molecule has 0 aliphatic carbocycles. The quantitative estimate of drug-likeness (QED) is 0.859. The van der Waals surface area contributed by atoms with E-state index in [1.165, 1.54) is 0 Å². The molecule has 3 nitrogen and oxygen atoms in total. The number of rotatable bonds is 4. The monoisotopic (exact) mass is 280 g/mol. The molecular formula is C12H13BrN2O. The first-order valence-electron chi connectivity index (χ1n) is 5.18. The average Bonchev–Trinajstić information content (AvgIpc) is 2.80. The van der Waals surface area contributed by atoms with Gasteiger partial charge in [-0.2, -0.15) is 0 Å². The molecular weight excluding hydrogens is 268 g/mol. The van der Waals surface area contributed by atoms with E-state index in [1.54, 1.807) is 18.7 Å². The molecule has 0 aromatic carbocycles. The maximum atomic E-state index is 5.35. The largest absolute Gasteiger partial charge is 0.467 e. The summed E-state index contributed by atoms with van der Waals surface area (Å²) in [6.07, 6.45) is 5.30. The summed E-state index contributed by atoms with van der Waals surface area (Å²) in [5.74, 6) is 0.963. The molecule has 0 aliphatic heterocycles. The van der Waals surface area contributed by atoms with Crippen molar-refractivity contribution in [2.45, 2.75) is 13.5 Å². The van der Waals surface area contributed by atoms with Gasteiger partial charge >= 0.3 is 0 Å². The second-order valence-electron chi connectivity index (χ2n) is 3.42. The SMILES string of the molecule is CCN(Cc1ccco1)c1ccncc1Br. The average molecular weight is 281 g/mol. The molecule has 0 atom stereocenters. The standard InChI is InChI=1S/C12H13BrN2O/c1-2-15(9-10-4-3-7-16-10)12-5-6-14-8-11(12)13/h3-8H,2,9H2,1H3. The first-order valence-corrected chi connectivity index (χ1v) is 5.97. The number of pyridine rings is 1. The van der Waals surface area contributed by atoms with Gasteiger partial charge in [0.25, 0.3) is 0 Å². The molecule has 84 valence electrons. The van der Waals surface area contributed by atoms with Gasteiger partial charge in [0.2, 0.25) is 0 Å². The Morgan fingerprint density at radius 2 is 2.31 bits per heavy atom. The third kappa shape index (κ3) is 2.44. The van der Waals surface area contributed by atoms with E-state index in [0.717, 1.165) is 29.0 Å². The van der Waals surface area contributed by atoms with Crippen LogP contribution in [0.2, 0.25) is 0 Å². The number of aromatic nitrogens is 1. The molecule has 0 spiro atoms. The topological polar surface area (TPSA) is 29.3 Å². The van der Waals surface area contributed by atoms with E-state index in [9.17, 15) is 0 Å². The van der Waals surface area contributed by atoms with Crippen molar-refractivity contribution in [2.24, 2.45) is 0 Å². The molecule has 4 heteroatoms. The van der Waals surface area contributed by atoms with Crippen LogP contribution < -0.4 is 4.90 Å². The molecule has 2 aromatic heterocycles. The van der Waals surface area contributed by atoms with Crippen LogP contribution in [-0.2, 0) is 6.54 Å². The molecule has 0 radical (unpaired) electrons. The van der Waals surface area contributed by atoms with Crippen LogP contribution in [0.15, 0.2) is 45.7 Å². The number of halogens is 1. The van der Waals surface area contributed by atoms with Gasteiger partial charge in [-0.3, -0.25) is 4.98 Å². The zero-order valence-electron chi connectivity index (χ0n) is 9.06. The van der Waals surface area contributed by atoms with Crippen LogP contribution in [0.4, 0.5) is 5.69 Å².